The van der Waals surface area contributed by atoms with Crippen molar-refractivity contribution in [2.24, 2.45) is 0 Å². The number of fused-ring (bicyclic) bond motifs is 1. The fourth-order valence-electron chi connectivity index (χ4n) is 2.39. The SMILES string of the molecule is O=C(CNCn1cnc2ccc(Br)cc2c1=O)NC(=O)Nc1ccccc1. The van der Waals surface area contributed by atoms with Gasteiger partial charge in [-0.15, -0.1) is 0 Å². The van der Waals surface area contributed by atoms with Crippen LogP contribution in [-0.4, -0.2) is 28.0 Å². The maximum absolute atomic E-state index is 12.4. The molecule has 1 heterocycles. The summed E-state index contributed by atoms with van der Waals surface area (Å²) in [5.41, 5.74) is 0.946. The lowest BCUT2D eigenvalue weighted by atomic mass is 10.2. The molecule has 0 aliphatic rings. The smallest absolute Gasteiger partial charge is 0.308 e. The van der Waals surface area contributed by atoms with E-state index in [1.54, 1.807) is 36.4 Å². The number of nitrogens with one attached hydrogen (secondary N) is 3. The normalized spacial score (nSPS) is 10.6. The third-order valence-electron chi connectivity index (χ3n) is 3.64. The molecule has 0 aliphatic heterocycles. The Morgan fingerprint density at radius 3 is 2.67 bits per heavy atom. The molecule has 0 unspecified atom stereocenters. The summed E-state index contributed by atoms with van der Waals surface area (Å²) in [4.78, 5) is 40.2. The molecule has 3 N–H and O–H groups in total. The van der Waals surface area contributed by atoms with Crippen LogP contribution in [0.15, 0.2) is 64.1 Å². The quantitative estimate of drug-likeness (QED) is 0.575. The van der Waals surface area contributed by atoms with Crippen LogP contribution in [-0.2, 0) is 11.5 Å². The lowest BCUT2D eigenvalue weighted by Crippen LogP contribution is -2.41. The average Bonchev–Trinajstić information content (AvgIpc) is 2.64. The maximum atomic E-state index is 12.4. The predicted molar refractivity (Wildman–Crippen MR) is 105 cm³/mol. The molecule has 0 fully saturated rings. The number of carbonyl (C=O) groups is 2. The van der Waals surface area contributed by atoms with Crippen molar-refractivity contribution in [3.8, 4) is 0 Å². The molecule has 0 spiro atoms. The van der Waals surface area contributed by atoms with Crippen LogP contribution in [0.1, 0.15) is 0 Å². The van der Waals surface area contributed by atoms with E-state index in [0.29, 0.717) is 16.6 Å². The number of halogens is 1. The summed E-state index contributed by atoms with van der Waals surface area (Å²) in [6.07, 6.45) is 1.41. The minimum atomic E-state index is -0.623. The van der Waals surface area contributed by atoms with Gasteiger partial charge in [-0.05, 0) is 30.3 Å². The summed E-state index contributed by atoms with van der Waals surface area (Å²) < 4.78 is 2.13. The molecule has 2 aromatic carbocycles. The number of benzene rings is 2. The van der Waals surface area contributed by atoms with Crippen molar-refractivity contribution in [2.45, 2.75) is 6.67 Å². The highest BCUT2D eigenvalue weighted by Gasteiger charge is 2.08. The van der Waals surface area contributed by atoms with E-state index in [1.807, 2.05) is 12.1 Å². The molecule has 1 aromatic heterocycles. The zero-order valence-electron chi connectivity index (χ0n) is 14.1. The number of hydrogen-bond acceptors (Lipinski definition) is 5. The molecule has 0 saturated carbocycles. The van der Waals surface area contributed by atoms with Gasteiger partial charge in [0, 0.05) is 10.2 Å². The third-order valence-corrected chi connectivity index (χ3v) is 4.13. The number of carbonyl (C=O) groups excluding carboxylic acids is 2. The molecule has 8 nitrogen and oxygen atoms in total. The highest BCUT2D eigenvalue weighted by molar-refractivity contribution is 9.10. The minimum Gasteiger partial charge on any atom is -0.308 e. The fourth-order valence-corrected chi connectivity index (χ4v) is 2.75. The summed E-state index contributed by atoms with van der Waals surface area (Å²) in [5, 5.41) is 8.04. The fraction of sp³-hybridized carbons (Fsp3) is 0.111. The highest BCUT2D eigenvalue weighted by Crippen LogP contribution is 2.14. The van der Waals surface area contributed by atoms with E-state index in [2.05, 4.69) is 36.9 Å². The lowest BCUT2D eigenvalue weighted by molar-refractivity contribution is -0.119. The molecular formula is C18H16BrN5O3. The van der Waals surface area contributed by atoms with Gasteiger partial charge in [-0.1, -0.05) is 34.1 Å². The van der Waals surface area contributed by atoms with Crippen LogP contribution < -0.4 is 21.5 Å². The monoisotopic (exact) mass is 429 g/mol. The molecule has 3 amide bonds. The average molecular weight is 430 g/mol. The van der Waals surface area contributed by atoms with Gasteiger partial charge in [0.05, 0.1) is 30.4 Å². The van der Waals surface area contributed by atoms with Gasteiger partial charge < -0.3 is 5.32 Å². The maximum Gasteiger partial charge on any atom is 0.325 e. The summed E-state index contributed by atoms with van der Waals surface area (Å²) >= 11 is 3.33. The van der Waals surface area contributed by atoms with E-state index in [9.17, 15) is 14.4 Å². The zero-order chi connectivity index (χ0) is 19.2. The van der Waals surface area contributed by atoms with E-state index in [4.69, 9.17) is 0 Å². The van der Waals surface area contributed by atoms with Gasteiger partial charge in [0.1, 0.15) is 0 Å². The van der Waals surface area contributed by atoms with Gasteiger partial charge in [0.25, 0.3) is 5.56 Å². The number of anilines is 1. The largest absolute Gasteiger partial charge is 0.325 e. The Balaban J connectivity index is 1.53. The molecular weight excluding hydrogens is 414 g/mol. The number of hydrogen-bond donors (Lipinski definition) is 3. The van der Waals surface area contributed by atoms with Crippen molar-refractivity contribution < 1.29 is 9.59 Å². The van der Waals surface area contributed by atoms with Crippen LogP contribution in [0.25, 0.3) is 10.9 Å². The van der Waals surface area contributed by atoms with Gasteiger partial charge in [0.15, 0.2) is 0 Å². The standard InChI is InChI=1S/C18H16BrN5O3/c19-12-6-7-15-14(8-12)17(26)24(11-21-15)10-20-9-16(25)23-18(27)22-13-4-2-1-3-5-13/h1-8,11,20H,9-10H2,(H2,22,23,25,27). The van der Waals surface area contributed by atoms with Gasteiger partial charge in [-0.3, -0.25) is 24.8 Å². The molecule has 138 valence electrons. The second kappa shape index (κ2) is 8.56. The predicted octanol–water partition coefficient (Wildman–Crippen LogP) is 2.05. The third kappa shape index (κ3) is 4.99. The Kier molecular flexibility index (Phi) is 5.94. The number of nitrogens with zero attached hydrogens (tertiary/aromatic N) is 2. The van der Waals surface area contributed by atoms with Crippen LogP contribution in [0.5, 0.6) is 0 Å². The summed E-state index contributed by atoms with van der Waals surface area (Å²) in [6.45, 7) is -0.0484. The molecule has 0 saturated heterocycles. The summed E-state index contributed by atoms with van der Waals surface area (Å²) in [5.74, 6) is -0.520. The topological polar surface area (TPSA) is 105 Å². The summed E-state index contributed by atoms with van der Waals surface area (Å²) in [7, 11) is 0. The van der Waals surface area contributed by atoms with Crippen LogP contribution in [0.4, 0.5) is 10.5 Å². The van der Waals surface area contributed by atoms with Gasteiger partial charge in [-0.25, -0.2) is 9.78 Å². The molecule has 3 aromatic rings. The number of urea groups is 1. The van der Waals surface area contributed by atoms with Crippen LogP contribution in [0, 0.1) is 0 Å². The van der Waals surface area contributed by atoms with Crippen LogP contribution >= 0.6 is 15.9 Å². The highest BCUT2D eigenvalue weighted by atomic mass is 79.9. The number of imide groups is 1. The van der Waals surface area contributed by atoms with Gasteiger partial charge >= 0.3 is 6.03 Å². The van der Waals surface area contributed by atoms with Crippen molar-refractivity contribution in [3.05, 3.63) is 69.7 Å². The van der Waals surface area contributed by atoms with Gasteiger partial charge in [0.2, 0.25) is 5.91 Å². The molecule has 0 atom stereocenters. The first-order chi connectivity index (χ1) is 13.0. The molecule has 0 aliphatic carbocycles. The Bertz CT molecular complexity index is 1040. The number of para-hydroxylation sites is 1. The molecule has 27 heavy (non-hydrogen) atoms. The summed E-state index contributed by atoms with van der Waals surface area (Å²) in [6, 6.07) is 13.4. The molecule has 3 rings (SSSR count). The number of aromatic nitrogens is 2. The minimum absolute atomic E-state index is 0.0853. The first-order valence-corrected chi connectivity index (χ1v) is 8.83. The lowest BCUT2D eigenvalue weighted by Gasteiger charge is -2.09. The number of rotatable bonds is 5. The van der Waals surface area contributed by atoms with Gasteiger partial charge in [-0.2, -0.15) is 0 Å². The Hall–Kier alpha value is -3.04. The van der Waals surface area contributed by atoms with E-state index < -0.39 is 11.9 Å². The molecule has 9 heteroatoms. The second-order valence-corrected chi connectivity index (χ2v) is 6.55. The van der Waals surface area contributed by atoms with Crippen molar-refractivity contribution >= 4 is 44.5 Å². The zero-order valence-corrected chi connectivity index (χ0v) is 15.7. The van der Waals surface area contributed by atoms with Crippen molar-refractivity contribution in [1.29, 1.82) is 0 Å². The molecule has 0 bridgehead atoms. The Labute approximate surface area is 162 Å². The van der Waals surface area contributed by atoms with Crippen molar-refractivity contribution in [1.82, 2.24) is 20.2 Å². The number of amides is 3. The Morgan fingerprint density at radius 1 is 1.11 bits per heavy atom. The Morgan fingerprint density at radius 2 is 1.89 bits per heavy atom. The first-order valence-electron chi connectivity index (χ1n) is 8.04. The van der Waals surface area contributed by atoms with Crippen molar-refractivity contribution in [3.63, 3.8) is 0 Å². The van der Waals surface area contributed by atoms with E-state index in [1.165, 1.54) is 10.9 Å². The molecule has 0 radical (unpaired) electrons. The van der Waals surface area contributed by atoms with E-state index in [0.717, 1.165) is 4.47 Å². The first kappa shape index (κ1) is 18.7. The van der Waals surface area contributed by atoms with Crippen LogP contribution in [0.3, 0.4) is 0 Å². The van der Waals surface area contributed by atoms with Crippen LogP contribution in [0.2, 0.25) is 0 Å². The van der Waals surface area contributed by atoms with E-state index in [-0.39, 0.29) is 18.8 Å². The van der Waals surface area contributed by atoms with Crippen molar-refractivity contribution in [2.75, 3.05) is 11.9 Å². The second-order valence-electron chi connectivity index (χ2n) is 5.63. The van der Waals surface area contributed by atoms with E-state index >= 15 is 0 Å².